The first-order valence-corrected chi connectivity index (χ1v) is 5.18. The minimum Gasteiger partial charge on any atom is -0.385 e. The Balaban J connectivity index is 2.62. The fourth-order valence-electron chi connectivity index (χ4n) is 1.34. The number of ketones is 1. The number of rotatable bonds is 6. The minimum atomic E-state index is -0.401. The fraction of sp³-hybridized carbons (Fsp3) is 0.417. The molecule has 0 saturated heterocycles. The summed E-state index contributed by atoms with van der Waals surface area (Å²) in [5.74, 6) is -0.540. The number of benzene rings is 1. The minimum absolute atomic E-state index is 0.139. The van der Waals surface area contributed by atoms with Gasteiger partial charge in [0.15, 0.2) is 5.78 Å². The number of Topliss-reactive ketones (excluding diaryl/α,β-unsaturated/α-hetero) is 1. The van der Waals surface area contributed by atoms with Crippen LogP contribution in [0, 0.1) is 5.82 Å². The van der Waals surface area contributed by atoms with Gasteiger partial charge in [-0.05, 0) is 31.5 Å². The maximum Gasteiger partial charge on any atom is 0.159 e. The molecule has 0 atom stereocenters. The quantitative estimate of drug-likeness (QED) is 0.597. The lowest BCUT2D eigenvalue weighted by molar-refractivity contribution is 0.101. The van der Waals surface area contributed by atoms with Gasteiger partial charge in [-0.2, -0.15) is 0 Å². The summed E-state index contributed by atoms with van der Waals surface area (Å²) in [7, 11) is 1.63. The Bertz CT molecular complexity index is 366. The molecule has 1 N–H and O–H groups in total. The number of nitrogens with one attached hydrogen (secondary N) is 1. The van der Waals surface area contributed by atoms with Crippen molar-refractivity contribution < 1.29 is 13.9 Å². The molecule has 1 rings (SSSR count). The van der Waals surface area contributed by atoms with E-state index in [1.807, 2.05) is 0 Å². The van der Waals surface area contributed by atoms with Gasteiger partial charge >= 0.3 is 0 Å². The van der Waals surface area contributed by atoms with Gasteiger partial charge < -0.3 is 10.1 Å². The summed E-state index contributed by atoms with van der Waals surface area (Å²) in [5.41, 5.74) is 1.01. The molecule has 0 unspecified atom stereocenters. The van der Waals surface area contributed by atoms with E-state index < -0.39 is 5.82 Å². The van der Waals surface area contributed by atoms with Crippen molar-refractivity contribution in [3.05, 3.63) is 29.6 Å². The van der Waals surface area contributed by atoms with E-state index in [9.17, 15) is 9.18 Å². The van der Waals surface area contributed by atoms with Crippen LogP contribution in [-0.2, 0) is 4.74 Å². The molecule has 4 heteroatoms. The first kappa shape index (κ1) is 12.6. The summed E-state index contributed by atoms with van der Waals surface area (Å²) in [6, 6.07) is 4.26. The number of carbonyl (C=O) groups is 1. The summed E-state index contributed by atoms with van der Waals surface area (Å²) >= 11 is 0. The van der Waals surface area contributed by atoms with Crippen LogP contribution in [0.5, 0.6) is 0 Å². The van der Waals surface area contributed by atoms with Gasteiger partial charge in [0.2, 0.25) is 0 Å². The van der Waals surface area contributed by atoms with E-state index in [0.717, 1.165) is 6.42 Å². The molecule has 1 aromatic carbocycles. The zero-order valence-electron chi connectivity index (χ0n) is 9.55. The Labute approximate surface area is 94.6 Å². The Kier molecular flexibility index (Phi) is 4.92. The van der Waals surface area contributed by atoms with E-state index >= 15 is 0 Å². The van der Waals surface area contributed by atoms with Crippen molar-refractivity contribution in [3.8, 4) is 0 Å². The van der Waals surface area contributed by atoms with Crippen molar-refractivity contribution in [1.29, 1.82) is 0 Å². The van der Waals surface area contributed by atoms with Crippen LogP contribution < -0.4 is 5.32 Å². The number of anilines is 1. The Morgan fingerprint density at radius 1 is 1.44 bits per heavy atom. The summed E-state index contributed by atoms with van der Waals surface area (Å²) < 4.78 is 18.0. The second kappa shape index (κ2) is 6.23. The third kappa shape index (κ3) is 3.98. The number of hydrogen-bond donors (Lipinski definition) is 1. The largest absolute Gasteiger partial charge is 0.385 e. The normalized spacial score (nSPS) is 10.2. The van der Waals surface area contributed by atoms with Crippen molar-refractivity contribution in [1.82, 2.24) is 0 Å². The molecule has 1 aromatic rings. The molecular weight excluding hydrogens is 209 g/mol. The monoisotopic (exact) mass is 225 g/mol. The number of methoxy groups -OCH3 is 1. The second-order valence-electron chi connectivity index (χ2n) is 3.56. The molecular formula is C12H16FNO2. The molecule has 0 amide bonds. The predicted molar refractivity (Wildman–Crippen MR) is 61.4 cm³/mol. The van der Waals surface area contributed by atoms with E-state index in [0.29, 0.717) is 24.4 Å². The van der Waals surface area contributed by atoms with Crippen LogP contribution in [0.1, 0.15) is 23.7 Å². The van der Waals surface area contributed by atoms with Crippen LogP contribution >= 0.6 is 0 Å². The highest BCUT2D eigenvalue weighted by Crippen LogP contribution is 2.14. The van der Waals surface area contributed by atoms with Gasteiger partial charge in [-0.15, -0.1) is 0 Å². The van der Waals surface area contributed by atoms with Gasteiger partial charge in [0.1, 0.15) is 5.82 Å². The fourth-order valence-corrected chi connectivity index (χ4v) is 1.34. The van der Waals surface area contributed by atoms with Crippen LogP contribution in [0.2, 0.25) is 0 Å². The number of halogens is 1. The molecule has 0 saturated carbocycles. The lowest BCUT2D eigenvalue weighted by atomic mass is 10.1. The highest BCUT2D eigenvalue weighted by atomic mass is 19.1. The van der Waals surface area contributed by atoms with Gasteiger partial charge in [-0.1, -0.05) is 0 Å². The average Bonchev–Trinajstić information content (AvgIpc) is 2.23. The number of ether oxygens (including phenoxy) is 1. The van der Waals surface area contributed by atoms with E-state index in [4.69, 9.17) is 4.74 Å². The Morgan fingerprint density at radius 2 is 2.19 bits per heavy atom. The zero-order valence-corrected chi connectivity index (χ0v) is 9.55. The second-order valence-corrected chi connectivity index (χ2v) is 3.56. The standard InChI is InChI=1S/C12H16FNO2/c1-9(15)10-6-11(13)8-12(7-10)14-4-3-5-16-2/h6-8,14H,3-5H2,1-2H3. The maximum absolute atomic E-state index is 13.1. The topological polar surface area (TPSA) is 38.3 Å². The van der Waals surface area contributed by atoms with Crippen LogP contribution in [-0.4, -0.2) is 26.0 Å². The third-order valence-corrected chi connectivity index (χ3v) is 2.16. The molecule has 0 aliphatic rings. The van der Waals surface area contributed by atoms with Crippen LogP contribution in [0.3, 0.4) is 0 Å². The number of hydrogen-bond acceptors (Lipinski definition) is 3. The van der Waals surface area contributed by atoms with E-state index in [2.05, 4.69) is 5.32 Å². The summed E-state index contributed by atoms with van der Waals surface area (Å²) in [4.78, 5) is 11.1. The first-order chi connectivity index (χ1) is 7.63. The van der Waals surface area contributed by atoms with Gasteiger partial charge in [0, 0.05) is 31.5 Å². The summed E-state index contributed by atoms with van der Waals surface area (Å²) in [6.45, 7) is 2.76. The molecule has 0 heterocycles. The van der Waals surface area contributed by atoms with Gasteiger partial charge in [-0.25, -0.2) is 4.39 Å². The molecule has 88 valence electrons. The zero-order chi connectivity index (χ0) is 12.0. The SMILES string of the molecule is COCCCNc1cc(F)cc(C(C)=O)c1. The molecule has 0 aliphatic carbocycles. The third-order valence-electron chi connectivity index (χ3n) is 2.16. The summed E-state index contributed by atoms with van der Waals surface area (Å²) in [6.07, 6.45) is 0.836. The van der Waals surface area contributed by atoms with Crippen LogP contribution in [0.15, 0.2) is 18.2 Å². The summed E-state index contributed by atoms with van der Waals surface area (Å²) in [5, 5.41) is 3.04. The molecule has 0 fully saturated rings. The highest BCUT2D eigenvalue weighted by Gasteiger charge is 2.04. The van der Waals surface area contributed by atoms with Crippen molar-refractivity contribution in [2.45, 2.75) is 13.3 Å². The van der Waals surface area contributed by atoms with E-state index in [1.54, 1.807) is 13.2 Å². The van der Waals surface area contributed by atoms with Gasteiger partial charge in [0.05, 0.1) is 0 Å². The van der Waals surface area contributed by atoms with Crippen LogP contribution in [0.4, 0.5) is 10.1 Å². The highest BCUT2D eigenvalue weighted by molar-refractivity contribution is 5.94. The van der Waals surface area contributed by atoms with E-state index in [1.165, 1.54) is 19.1 Å². The molecule has 16 heavy (non-hydrogen) atoms. The molecule has 0 aliphatic heterocycles. The molecule has 0 spiro atoms. The lowest BCUT2D eigenvalue weighted by Gasteiger charge is -2.07. The van der Waals surface area contributed by atoms with Crippen LogP contribution in [0.25, 0.3) is 0 Å². The predicted octanol–water partition coefficient (Wildman–Crippen LogP) is 2.48. The lowest BCUT2D eigenvalue weighted by Crippen LogP contribution is -2.06. The molecule has 3 nitrogen and oxygen atoms in total. The molecule has 0 aromatic heterocycles. The van der Waals surface area contributed by atoms with Crippen molar-refractivity contribution in [2.75, 3.05) is 25.6 Å². The maximum atomic E-state index is 13.1. The van der Waals surface area contributed by atoms with Gasteiger partial charge in [-0.3, -0.25) is 4.79 Å². The van der Waals surface area contributed by atoms with Crippen molar-refractivity contribution in [3.63, 3.8) is 0 Å². The average molecular weight is 225 g/mol. The van der Waals surface area contributed by atoms with Gasteiger partial charge in [0.25, 0.3) is 0 Å². The smallest absolute Gasteiger partial charge is 0.159 e. The first-order valence-electron chi connectivity index (χ1n) is 5.18. The van der Waals surface area contributed by atoms with Crippen molar-refractivity contribution in [2.24, 2.45) is 0 Å². The Morgan fingerprint density at radius 3 is 2.81 bits per heavy atom. The van der Waals surface area contributed by atoms with Crippen molar-refractivity contribution >= 4 is 11.5 Å². The molecule has 0 radical (unpaired) electrons. The Hall–Kier alpha value is -1.42. The van der Waals surface area contributed by atoms with E-state index in [-0.39, 0.29) is 5.78 Å². The number of carbonyl (C=O) groups excluding carboxylic acids is 1. The molecule has 0 bridgehead atoms.